The van der Waals surface area contributed by atoms with Crippen LogP contribution in [0.3, 0.4) is 0 Å². The summed E-state index contributed by atoms with van der Waals surface area (Å²) >= 11 is 2.17. The highest BCUT2D eigenvalue weighted by molar-refractivity contribution is 14.1. The van der Waals surface area contributed by atoms with Crippen LogP contribution in [0.1, 0.15) is 0 Å². The topological polar surface area (TPSA) is 48.2 Å². The normalized spacial score (nSPS) is 10.6. The molecule has 3 aromatic heterocycles. The molecule has 0 aromatic carbocycles. The number of hydrogen-bond acceptors (Lipinski definition) is 4. The Hall–Kier alpha value is -1.63. The van der Waals surface area contributed by atoms with E-state index in [2.05, 4.69) is 32.6 Å². The summed E-state index contributed by atoms with van der Waals surface area (Å²) in [5, 5.41) is 0. The minimum atomic E-state index is 0.650. The molecule has 84 valence electrons. The highest BCUT2D eigenvalue weighted by Crippen LogP contribution is 2.27. The second kappa shape index (κ2) is 4.33. The van der Waals surface area contributed by atoms with Crippen LogP contribution in [0, 0.1) is 3.57 Å². The fraction of sp³-hybridized carbons (Fsp3) is 0. The first-order valence-electron chi connectivity index (χ1n) is 4.93. The van der Waals surface area contributed by atoms with E-state index < -0.39 is 0 Å². The van der Waals surface area contributed by atoms with E-state index in [0.717, 1.165) is 14.8 Å². The van der Waals surface area contributed by atoms with Crippen LogP contribution < -0.4 is 4.74 Å². The number of fused-ring (bicyclic) bond motifs is 1. The maximum Gasteiger partial charge on any atom is 0.155 e. The van der Waals surface area contributed by atoms with E-state index in [1.807, 2.05) is 18.2 Å². The summed E-state index contributed by atoms with van der Waals surface area (Å²) in [5.41, 5.74) is 1.54. The Balaban J connectivity index is 1.97. The molecular formula is C12H7IN2O2. The van der Waals surface area contributed by atoms with E-state index in [-0.39, 0.29) is 0 Å². The van der Waals surface area contributed by atoms with Gasteiger partial charge < -0.3 is 9.15 Å². The van der Waals surface area contributed by atoms with Crippen molar-refractivity contribution >= 4 is 33.7 Å². The van der Waals surface area contributed by atoms with Crippen LogP contribution in [-0.4, -0.2) is 9.97 Å². The fourth-order valence-corrected chi connectivity index (χ4v) is 1.91. The molecule has 0 radical (unpaired) electrons. The van der Waals surface area contributed by atoms with Crippen LogP contribution >= 0.6 is 22.6 Å². The molecule has 0 N–H and O–H groups in total. The Morgan fingerprint density at radius 2 is 2.18 bits per heavy atom. The molecule has 0 bridgehead atoms. The Kier molecular flexibility index (Phi) is 2.68. The van der Waals surface area contributed by atoms with Crippen molar-refractivity contribution in [2.24, 2.45) is 0 Å². The van der Waals surface area contributed by atoms with Crippen molar-refractivity contribution in [2.45, 2.75) is 0 Å². The third-order valence-electron chi connectivity index (χ3n) is 2.24. The molecule has 0 aliphatic rings. The molecule has 0 saturated heterocycles. The molecule has 0 spiro atoms. The van der Waals surface area contributed by atoms with Crippen molar-refractivity contribution in [3.63, 3.8) is 0 Å². The van der Waals surface area contributed by atoms with Gasteiger partial charge in [0.1, 0.15) is 17.0 Å². The van der Waals surface area contributed by atoms with E-state index in [1.165, 1.54) is 0 Å². The molecule has 0 aliphatic carbocycles. The maximum absolute atomic E-state index is 5.72. The summed E-state index contributed by atoms with van der Waals surface area (Å²) in [6.07, 6.45) is 6.72. The van der Waals surface area contributed by atoms with E-state index in [9.17, 15) is 0 Å². The van der Waals surface area contributed by atoms with Gasteiger partial charge in [0.25, 0.3) is 0 Å². The predicted molar refractivity (Wildman–Crippen MR) is 71.0 cm³/mol. The number of halogens is 1. The molecule has 0 aliphatic heterocycles. The molecule has 17 heavy (non-hydrogen) atoms. The number of pyridine rings is 2. The number of hydrogen-bond donors (Lipinski definition) is 0. The number of rotatable bonds is 2. The Morgan fingerprint density at radius 1 is 1.24 bits per heavy atom. The largest absolute Gasteiger partial charge is 0.463 e. The van der Waals surface area contributed by atoms with Crippen LogP contribution in [0.25, 0.3) is 11.1 Å². The third kappa shape index (κ3) is 2.10. The number of aromatic nitrogens is 2. The van der Waals surface area contributed by atoms with Crippen molar-refractivity contribution in [3.05, 3.63) is 46.6 Å². The van der Waals surface area contributed by atoms with E-state index >= 15 is 0 Å². The van der Waals surface area contributed by atoms with Crippen molar-refractivity contribution in [1.82, 2.24) is 9.97 Å². The highest BCUT2D eigenvalue weighted by atomic mass is 127. The van der Waals surface area contributed by atoms with Gasteiger partial charge in [0.15, 0.2) is 5.58 Å². The van der Waals surface area contributed by atoms with Crippen LogP contribution in [0.5, 0.6) is 11.5 Å². The standard InChI is InChI=1S/C12H7IN2O2/c13-9-7-14-3-1-11(9)17-8-5-12-10(15-6-8)2-4-16-12/h1-7H. The smallest absolute Gasteiger partial charge is 0.155 e. The fourth-order valence-electron chi connectivity index (χ4n) is 1.46. The van der Waals surface area contributed by atoms with E-state index in [0.29, 0.717) is 11.3 Å². The summed E-state index contributed by atoms with van der Waals surface area (Å²) in [7, 11) is 0. The zero-order valence-corrected chi connectivity index (χ0v) is 10.8. The predicted octanol–water partition coefficient (Wildman–Crippen LogP) is 3.62. The molecule has 0 atom stereocenters. The van der Waals surface area contributed by atoms with Crippen molar-refractivity contribution in [1.29, 1.82) is 0 Å². The van der Waals surface area contributed by atoms with Gasteiger partial charge in [0, 0.05) is 30.6 Å². The average molecular weight is 338 g/mol. The summed E-state index contributed by atoms with van der Waals surface area (Å²) in [6, 6.07) is 5.45. The van der Waals surface area contributed by atoms with Gasteiger partial charge in [-0.15, -0.1) is 0 Å². The van der Waals surface area contributed by atoms with E-state index in [4.69, 9.17) is 9.15 Å². The SMILES string of the molecule is Ic1cnccc1Oc1cnc2ccoc2c1. The maximum atomic E-state index is 5.72. The summed E-state index contributed by atoms with van der Waals surface area (Å²) < 4.78 is 11.9. The van der Waals surface area contributed by atoms with Crippen molar-refractivity contribution < 1.29 is 9.15 Å². The van der Waals surface area contributed by atoms with E-state index in [1.54, 1.807) is 24.9 Å². The number of furan rings is 1. The van der Waals surface area contributed by atoms with Gasteiger partial charge in [0.2, 0.25) is 0 Å². The molecule has 3 heterocycles. The lowest BCUT2D eigenvalue weighted by molar-refractivity contribution is 0.475. The van der Waals surface area contributed by atoms with Gasteiger partial charge in [-0.2, -0.15) is 0 Å². The Bertz CT molecular complexity index is 666. The Labute approximate surface area is 111 Å². The minimum absolute atomic E-state index is 0.650. The number of ether oxygens (including phenoxy) is 1. The molecule has 0 fully saturated rings. The summed E-state index contributed by atoms with van der Waals surface area (Å²) in [5.74, 6) is 1.41. The van der Waals surface area contributed by atoms with Gasteiger partial charge in [0.05, 0.1) is 16.0 Å². The molecule has 0 amide bonds. The van der Waals surface area contributed by atoms with Crippen molar-refractivity contribution in [2.75, 3.05) is 0 Å². The second-order valence-corrected chi connectivity index (χ2v) is 4.55. The van der Waals surface area contributed by atoms with Gasteiger partial charge in [-0.3, -0.25) is 4.98 Å². The molecule has 0 unspecified atom stereocenters. The molecule has 3 aromatic rings. The number of nitrogens with zero attached hydrogens (tertiary/aromatic N) is 2. The van der Waals surface area contributed by atoms with Crippen molar-refractivity contribution in [3.8, 4) is 11.5 Å². The lowest BCUT2D eigenvalue weighted by Gasteiger charge is -2.06. The second-order valence-electron chi connectivity index (χ2n) is 3.38. The van der Waals surface area contributed by atoms with Crippen LogP contribution in [0.2, 0.25) is 0 Å². The highest BCUT2D eigenvalue weighted by Gasteiger charge is 2.05. The Morgan fingerprint density at radius 3 is 3.06 bits per heavy atom. The molecule has 5 heteroatoms. The zero-order valence-electron chi connectivity index (χ0n) is 8.63. The van der Waals surface area contributed by atoms with Gasteiger partial charge >= 0.3 is 0 Å². The zero-order chi connectivity index (χ0) is 11.7. The third-order valence-corrected chi connectivity index (χ3v) is 3.05. The first-order valence-corrected chi connectivity index (χ1v) is 6.01. The quantitative estimate of drug-likeness (QED) is 0.670. The first-order chi connectivity index (χ1) is 8.33. The molecular weight excluding hydrogens is 331 g/mol. The van der Waals surface area contributed by atoms with Gasteiger partial charge in [-0.1, -0.05) is 0 Å². The molecule has 4 nitrogen and oxygen atoms in total. The lowest BCUT2D eigenvalue weighted by atomic mass is 10.4. The average Bonchev–Trinajstić information content (AvgIpc) is 2.79. The summed E-state index contributed by atoms with van der Waals surface area (Å²) in [4.78, 5) is 8.24. The monoisotopic (exact) mass is 338 g/mol. The molecule has 3 rings (SSSR count). The van der Waals surface area contributed by atoms with Crippen LogP contribution in [0.4, 0.5) is 0 Å². The minimum Gasteiger partial charge on any atom is -0.463 e. The summed E-state index contributed by atoms with van der Waals surface area (Å²) in [6.45, 7) is 0. The van der Waals surface area contributed by atoms with Gasteiger partial charge in [-0.25, -0.2) is 4.98 Å². The van der Waals surface area contributed by atoms with Crippen LogP contribution in [-0.2, 0) is 0 Å². The lowest BCUT2D eigenvalue weighted by Crippen LogP contribution is -1.88. The van der Waals surface area contributed by atoms with Crippen LogP contribution in [0.15, 0.2) is 47.5 Å². The molecule has 0 saturated carbocycles. The van der Waals surface area contributed by atoms with Gasteiger partial charge in [-0.05, 0) is 22.6 Å². The first kappa shape index (κ1) is 10.5.